The van der Waals surface area contributed by atoms with E-state index in [0.717, 1.165) is 11.8 Å². The van der Waals surface area contributed by atoms with E-state index in [1.165, 1.54) is 38.5 Å². The summed E-state index contributed by atoms with van der Waals surface area (Å²) in [6.07, 6.45) is 12.8. The lowest BCUT2D eigenvalue weighted by Crippen LogP contribution is -2.01. The van der Waals surface area contributed by atoms with E-state index in [9.17, 15) is 0 Å². The van der Waals surface area contributed by atoms with Crippen molar-refractivity contribution in [3.8, 4) is 0 Å². The lowest BCUT2D eigenvalue weighted by Gasteiger charge is -2.15. The molecule has 0 rings (SSSR count). The highest BCUT2D eigenvalue weighted by Crippen LogP contribution is 2.21. The predicted molar refractivity (Wildman–Crippen MR) is 66.5 cm³/mol. The molecule has 0 radical (unpaired) electrons. The monoisotopic (exact) mass is 196 g/mol. The molecular weight excluding hydrogens is 168 g/mol. The van der Waals surface area contributed by atoms with Crippen LogP contribution in [0.3, 0.4) is 0 Å². The van der Waals surface area contributed by atoms with Gasteiger partial charge >= 0.3 is 0 Å². The number of unbranched alkanes of at least 4 members (excludes halogenated alkanes) is 1. The molecule has 0 spiro atoms. The highest BCUT2D eigenvalue weighted by Gasteiger charge is 2.07. The molecule has 1 atom stereocenters. The van der Waals surface area contributed by atoms with Gasteiger partial charge in [0, 0.05) is 0 Å². The van der Waals surface area contributed by atoms with Crippen molar-refractivity contribution >= 4 is 0 Å². The van der Waals surface area contributed by atoms with Crippen LogP contribution >= 0.6 is 0 Å². The molecule has 0 heteroatoms. The molecule has 0 aliphatic heterocycles. The molecule has 0 amide bonds. The first-order valence-electron chi connectivity index (χ1n) is 6.31. The van der Waals surface area contributed by atoms with E-state index < -0.39 is 0 Å². The second-order valence-corrected chi connectivity index (χ2v) is 4.78. The van der Waals surface area contributed by atoms with Crippen LogP contribution in [-0.4, -0.2) is 0 Å². The molecule has 0 aliphatic carbocycles. The Hall–Kier alpha value is -0.260. The third-order valence-electron chi connectivity index (χ3n) is 2.82. The SMILES string of the molecule is C/C=C\CC(CCCC)CCC(C)C. The molecule has 0 aromatic rings. The van der Waals surface area contributed by atoms with Gasteiger partial charge in [-0.05, 0) is 31.6 Å². The van der Waals surface area contributed by atoms with E-state index in [4.69, 9.17) is 0 Å². The standard InChI is InChI=1S/C14H28/c1-5-7-9-14(10-8-6-2)12-11-13(3)4/h5,7,13-14H,6,8-12H2,1-4H3/b7-5-. The first-order valence-corrected chi connectivity index (χ1v) is 6.31. The number of rotatable bonds is 8. The van der Waals surface area contributed by atoms with Gasteiger partial charge < -0.3 is 0 Å². The van der Waals surface area contributed by atoms with Crippen molar-refractivity contribution in [2.75, 3.05) is 0 Å². The van der Waals surface area contributed by atoms with Crippen LogP contribution in [0, 0.1) is 11.8 Å². The maximum absolute atomic E-state index is 2.33. The zero-order valence-electron chi connectivity index (χ0n) is 10.6. The van der Waals surface area contributed by atoms with E-state index in [2.05, 4.69) is 39.8 Å². The van der Waals surface area contributed by atoms with Crippen molar-refractivity contribution in [3.63, 3.8) is 0 Å². The Morgan fingerprint density at radius 2 is 1.79 bits per heavy atom. The largest absolute Gasteiger partial charge is 0.0917 e. The zero-order valence-corrected chi connectivity index (χ0v) is 10.6. The topological polar surface area (TPSA) is 0 Å². The average molecular weight is 196 g/mol. The Morgan fingerprint density at radius 1 is 1.07 bits per heavy atom. The van der Waals surface area contributed by atoms with Gasteiger partial charge in [0.25, 0.3) is 0 Å². The maximum atomic E-state index is 2.33. The first-order chi connectivity index (χ1) is 6.70. The van der Waals surface area contributed by atoms with Gasteiger partial charge in [-0.2, -0.15) is 0 Å². The normalized spacial score (nSPS) is 14.1. The van der Waals surface area contributed by atoms with Gasteiger partial charge in [-0.3, -0.25) is 0 Å². The van der Waals surface area contributed by atoms with Crippen molar-refractivity contribution in [2.45, 2.75) is 66.2 Å². The molecular formula is C14H28. The summed E-state index contributed by atoms with van der Waals surface area (Å²) in [7, 11) is 0. The maximum Gasteiger partial charge on any atom is -0.0322 e. The van der Waals surface area contributed by atoms with Crippen LogP contribution in [0.15, 0.2) is 12.2 Å². The van der Waals surface area contributed by atoms with Gasteiger partial charge in [0.1, 0.15) is 0 Å². The predicted octanol–water partition coefficient (Wildman–Crippen LogP) is 5.20. The zero-order chi connectivity index (χ0) is 10.8. The molecule has 0 aromatic heterocycles. The molecule has 14 heavy (non-hydrogen) atoms. The van der Waals surface area contributed by atoms with Crippen molar-refractivity contribution in [2.24, 2.45) is 11.8 Å². The van der Waals surface area contributed by atoms with Crippen molar-refractivity contribution in [1.29, 1.82) is 0 Å². The van der Waals surface area contributed by atoms with Crippen LogP contribution in [-0.2, 0) is 0 Å². The Labute approximate surface area is 90.8 Å². The fraction of sp³-hybridized carbons (Fsp3) is 0.857. The van der Waals surface area contributed by atoms with E-state index >= 15 is 0 Å². The number of hydrogen-bond acceptors (Lipinski definition) is 0. The fourth-order valence-corrected chi connectivity index (χ4v) is 1.77. The second-order valence-electron chi connectivity index (χ2n) is 4.78. The van der Waals surface area contributed by atoms with Crippen molar-refractivity contribution < 1.29 is 0 Å². The van der Waals surface area contributed by atoms with Crippen LogP contribution in [0.5, 0.6) is 0 Å². The minimum absolute atomic E-state index is 0.865. The number of hydrogen-bond donors (Lipinski definition) is 0. The highest BCUT2D eigenvalue weighted by atomic mass is 14.1. The summed E-state index contributed by atoms with van der Waals surface area (Å²) in [6, 6.07) is 0. The Bertz CT molecular complexity index is 133. The van der Waals surface area contributed by atoms with Gasteiger partial charge in [-0.25, -0.2) is 0 Å². The summed E-state index contributed by atoms with van der Waals surface area (Å²) < 4.78 is 0. The minimum Gasteiger partial charge on any atom is -0.0917 e. The lowest BCUT2D eigenvalue weighted by atomic mass is 9.90. The molecule has 1 unspecified atom stereocenters. The van der Waals surface area contributed by atoms with Gasteiger partial charge in [-0.15, -0.1) is 0 Å². The average Bonchev–Trinajstić information content (AvgIpc) is 2.16. The van der Waals surface area contributed by atoms with Crippen LogP contribution in [0.1, 0.15) is 66.2 Å². The Morgan fingerprint density at radius 3 is 2.29 bits per heavy atom. The van der Waals surface area contributed by atoms with Crippen LogP contribution in [0.2, 0.25) is 0 Å². The van der Waals surface area contributed by atoms with Gasteiger partial charge in [0.15, 0.2) is 0 Å². The summed E-state index contributed by atoms with van der Waals surface area (Å²) in [4.78, 5) is 0. The van der Waals surface area contributed by atoms with Gasteiger partial charge in [-0.1, -0.05) is 58.6 Å². The molecule has 0 nitrogen and oxygen atoms in total. The van der Waals surface area contributed by atoms with Crippen molar-refractivity contribution in [1.82, 2.24) is 0 Å². The van der Waals surface area contributed by atoms with E-state index in [1.807, 2.05) is 0 Å². The fourth-order valence-electron chi connectivity index (χ4n) is 1.77. The van der Waals surface area contributed by atoms with Crippen molar-refractivity contribution in [3.05, 3.63) is 12.2 Å². The van der Waals surface area contributed by atoms with E-state index in [-0.39, 0.29) is 0 Å². The Balaban J connectivity index is 3.71. The van der Waals surface area contributed by atoms with Crippen LogP contribution in [0.4, 0.5) is 0 Å². The molecule has 0 aromatic carbocycles. The minimum atomic E-state index is 0.865. The summed E-state index contributed by atoms with van der Waals surface area (Å²) in [6.45, 7) is 9.06. The summed E-state index contributed by atoms with van der Waals surface area (Å²) >= 11 is 0. The van der Waals surface area contributed by atoms with E-state index in [1.54, 1.807) is 0 Å². The molecule has 0 saturated carbocycles. The van der Waals surface area contributed by atoms with Crippen LogP contribution < -0.4 is 0 Å². The third-order valence-corrected chi connectivity index (χ3v) is 2.82. The molecule has 0 heterocycles. The molecule has 0 fully saturated rings. The highest BCUT2D eigenvalue weighted by molar-refractivity contribution is 4.80. The summed E-state index contributed by atoms with van der Waals surface area (Å²) in [5.74, 6) is 1.80. The summed E-state index contributed by atoms with van der Waals surface area (Å²) in [5.41, 5.74) is 0. The molecule has 0 N–H and O–H groups in total. The smallest absolute Gasteiger partial charge is 0.0322 e. The molecule has 0 bridgehead atoms. The Kier molecular flexibility index (Phi) is 9.13. The molecule has 0 saturated heterocycles. The second kappa shape index (κ2) is 9.30. The summed E-state index contributed by atoms with van der Waals surface area (Å²) in [5, 5.41) is 0. The quantitative estimate of drug-likeness (QED) is 0.468. The first kappa shape index (κ1) is 13.7. The van der Waals surface area contributed by atoms with E-state index in [0.29, 0.717) is 0 Å². The number of allylic oxidation sites excluding steroid dienone is 2. The van der Waals surface area contributed by atoms with Crippen LogP contribution in [0.25, 0.3) is 0 Å². The third kappa shape index (κ3) is 8.34. The van der Waals surface area contributed by atoms with Gasteiger partial charge in [0.2, 0.25) is 0 Å². The lowest BCUT2D eigenvalue weighted by molar-refractivity contribution is 0.393. The molecule has 84 valence electrons. The van der Waals surface area contributed by atoms with Gasteiger partial charge in [0.05, 0.1) is 0 Å². The molecule has 0 aliphatic rings.